The van der Waals surface area contributed by atoms with Crippen molar-refractivity contribution in [2.75, 3.05) is 35.0 Å². The monoisotopic (exact) mass is 309 g/mol. The standard InChI is InChI=1S/C16H23NO5/c1-11(10-19-2)17-14(18)9-7-12-6-8-13(20-3)16(22-5)15(12)21-4/h6-9,11H,10H2,1-5H3,(H,17,18)/b9-7+/t11-/m1/s1. The van der Waals surface area contributed by atoms with Crippen LogP contribution in [0.15, 0.2) is 18.2 Å². The van der Waals surface area contributed by atoms with E-state index in [0.717, 1.165) is 5.56 Å². The van der Waals surface area contributed by atoms with Gasteiger partial charge in [-0.2, -0.15) is 0 Å². The summed E-state index contributed by atoms with van der Waals surface area (Å²) >= 11 is 0. The molecule has 1 rings (SSSR count). The second kappa shape index (κ2) is 8.94. The highest BCUT2D eigenvalue weighted by atomic mass is 16.5. The van der Waals surface area contributed by atoms with Gasteiger partial charge in [0.25, 0.3) is 0 Å². The van der Waals surface area contributed by atoms with Crippen molar-refractivity contribution in [3.05, 3.63) is 23.8 Å². The van der Waals surface area contributed by atoms with E-state index in [0.29, 0.717) is 23.9 Å². The van der Waals surface area contributed by atoms with Gasteiger partial charge in [-0.25, -0.2) is 0 Å². The molecule has 1 amide bonds. The van der Waals surface area contributed by atoms with E-state index < -0.39 is 0 Å². The number of ether oxygens (including phenoxy) is 4. The lowest BCUT2D eigenvalue weighted by atomic mass is 10.1. The Hall–Kier alpha value is -2.21. The molecule has 0 radical (unpaired) electrons. The van der Waals surface area contributed by atoms with E-state index in [-0.39, 0.29) is 11.9 Å². The zero-order valence-electron chi connectivity index (χ0n) is 13.6. The molecule has 0 aliphatic heterocycles. The first kappa shape index (κ1) is 17.8. The Morgan fingerprint density at radius 2 is 1.82 bits per heavy atom. The van der Waals surface area contributed by atoms with Crippen LogP contribution < -0.4 is 19.5 Å². The van der Waals surface area contributed by atoms with Crippen molar-refractivity contribution in [2.45, 2.75) is 13.0 Å². The van der Waals surface area contributed by atoms with Crippen LogP contribution in [0.1, 0.15) is 12.5 Å². The quantitative estimate of drug-likeness (QED) is 0.743. The third-order valence-corrected chi connectivity index (χ3v) is 2.95. The average molecular weight is 309 g/mol. The number of methoxy groups -OCH3 is 4. The molecule has 1 aromatic carbocycles. The van der Waals surface area contributed by atoms with Gasteiger partial charge in [-0.3, -0.25) is 4.79 Å². The molecule has 6 heteroatoms. The highest BCUT2D eigenvalue weighted by molar-refractivity contribution is 5.92. The highest BCUT2D eigenvalue weighted by Gasteiger charge is 2.14. The summed E-state index contributed by atoms with van der Waals surface area (Å²) in [5.41, 5.74) is 0.717. The molecule has 0 aliphatic rings. The fraction of sp³-hybridized carbons (Fsp3) is 0.438. The number of rotatable bonds is 8. The maximum Gasteiger partial charge on any atom is 0.244 e. The topological polar surface area (TPSA) is 66.0 Å². The smallest absolute Gasteiger partial charge is 0.244 e. The van der Waals surface area contributed by atoms with Crippen molar-refractivity contribution in [2.24, 2.45) is 0 Å². The number of benzene rings is 1. The molecule has 0 fully saturated rings. The molecule has 0 saturated carbocycles. The molecule has 0 bridgehead atoms. The summed E-state index contributed by atoms with van der Waals surface area (Å²) in [6, 6.07) is 3.49. The molecule has 22 heavy (non-hydrogen) atoms. The minimum atomic E-state index is -0.207. The first-order valence-corrected chi connectivity index (χ1v) is 6.83. The van der Waals surface area contributed by atoms with Gasteiger partial charge in [0.2, 0.25) is 11.7 Å². The summed E-state index contributed by atoms with van der Waals surface area (Å²) in [4.78, 5) is 11.8. The van der Waals surface area contributed by atoms with Crippen molar-refractivity contribution in [3.63, 3.8) is 0 Å². The zero-order valence-corrected chi connectivity index (χ0v) is 13.6. The lowest BCUT2D eigenvalue weighted by Crippen LogP contribution is -2.34. The molecule has 1 aromatic rings. The van der Waals surface area contributed by atoms with E-state index in [2.05, 4.69) is 5.32 Å². The Bertz CT molecular complexity index is 528. The highest BCUT2D eigenvalue weighted by Crippen LogP contribution is 2.40. The van der Waals surface area contributed by atoms with Gasteiger partial charge in [0.05, 0.1) is 27.9 Å². The van der Waals surface area contributed by atoms with E-state index in [4.69, 9.17) is 18.9 Å². The SMILES string of the molecule is COC[C@@H](C)NC(=O)/C=C/c1ccc(OC)c(OC)c1OC. The second-order valence-electron chi connectivity index (χ2n) is 4.62. The van der Waals surface area contributed by atoms with Crippen molar-refractivity contribution in [1.82, 2.24) is 5.32 Å². The Kier molecular flexibility index (Phi) is 7.25. The number of carbonyl (C=O) groups is 1. The van der Waals surface area contributed by atoms with Crippen molar-refractivity contribution in [1.29, 1.82) is 0 Å². The number of amides is 1. The van der Waals surface area contributed by atoms with Crippen LogP contribution in [-0.2, 0) is 9.53 Å². The number of hydrogen-bond donors (Lipinski definition) is 1. The fourth-order valence-corrected chi connectivity index (χ4v) is 2.00. The molecule has 0 heterocycles. The molecule has 0 saturated heterocycles. The van der Waals surface area contributed by atoms with Gasteiger partial charge in [-0.1, -0.05) is 0 Å². The molecule has 122 valence electrons. The van der Waals surface area contributed by atoms with Gasteiger partial charge < -0.3 is 24.3 Å². The molecule has 0 aliphatic carbocycles. The van der Waals surface area contributed by atoms with Crippen LogP contribution in [0.25, 0.3) is 6.08 Å². The summed E-state index contributed by atoms with van der Waals surface area (Å²) in [6.07, 6.45) is 3.10. The van der Waals surface area contributed by atoms with E-state index in [1.54, 1.807) is 32.4 Å². The predicted molar refractivity (Wildman–Crippen MR) is 84.6 cm³/mol. The van der Waals surface area contributed by atoms with Gasteiger partial charge in [0.15, 0.2) is 11.5 Å². The summed E-state index contributed by atoms with van der Waals surface area (Å²) in [5, 5.41) is 2.79. The molecule has 0 spiro atoms. The third kappa shape index (κ3) is 4.66. The van der Waals surface area contributed by atoms with E-state index in [1.165, 1.54) is 20.3 Å². The predicted octanol–water partition coefficient (Wildman–Crippen LogP) is 1.88. The van der Waals surface area contributed by atoms with Crippen LogP contribution in [0.3, 0.4) is 0 Å². The summed E-state index contributed by atoms with van der Waals surface area (Å²) < 4.78 is 20.8. The van der Waals surface area contributed by atoms with Crippen LogP contribution in [0.5, 0.6) is 17.2 Å². The number of nitrogens with one attached hydrogen (secondary N) is 1. The van der Waals surface area contributed by atoms with Crippen LogP contribution in [0.2, 0.25) is 0 Å². The number of hydrogen-bond acceptors (Lipinski definition) is 5. The lowest BCUT2D eigenvalue weighted by molar-refractivity contribution is -0.117. The Morgan fingerprint density at radius 3 is 2.36 bits per heavy atom. The van der Waals surface area contributed by atoms with Crippen LogP contribution in [0, 0.1) is 0 Å². The van der Waals surface area contributed by atoms with Crippen LogP contribution in [0.4, 0.5) is 0 Å². The summed E-state index contributed by atoms with van der Waals surface area (Å²) in [5.74, 6) is 1.35. The minimum absolute atomic E-state index is 0.0607. The van der Waals surface area contributed by atoms with E-state index in [1.807, 2.05) is 6.92 Å². The molecular formula is C16H23NO5. The lowest BCUT2D eigenvalue weighted by Gasteiger charge is -2.14. The van der Waals surface area contributed by atoms with Gasteiger partial charge in [0.1, 0.15) is 0 Å². The fourth-order valence-electron chi connectivity index (χ4n) is 2.00. The van der Waals surface area contributed by atoms with Gasteiger partial charge in [0, 0.05) is 24.8 Å². The molecule has 6 nitrogen and oxygen atoms in total. The minimum Gasteiger partial charge on any atom is -0.493 e. The van der Waals surface area contributed by atoms with Gasteiger partial charge in [-0.05, 0) is 25.1 Å². The van der Waals surface area contributed by atoms with Crippen molar-refractivity contribution >= 4 is 12.0 Å². The first-order valence-electron chi connectivity index (χ1n) is 6.83. The van der Waals surface area contributed by atoms with Gasteiger partial charge in [-0.15, -0.1) is 0 Å². The Balaban J connectivity index is 2.93. The molecule has 1 N–H and O–H groups in total. The van der Waals surface area contributed by atoms with Crippen LogP contribution >= 0.6 is 0 Å². The molecule has 0 unspecified atom stereocenters. The zero-order chi connectivity index (χ0) is 16.5. The van der Waals surface area contributed by atoms with Crippen molar-refractivity contribution in [3.8, 4) is 17.2 Å². The maximum absolute atomic E-state index is 11.8. The van der Waals surface area contributed by atoms with Gasteiger partial charge >= 0.3 is 0 Å². The molecule has 1 atom stereocenters. The largest absolute Gasteiger partial charge is 0.493 e. The van der Waals surface area contributed by atoms with E-state index >= 15 is 0 Å². The summed E-state index contributed by atoms with van der Waals surface area (Å²) in [6.45, 7) is 2.32. The maximum atomic E-state index is 11.8. The molecular weight excluding hydrogens is 286 g/mol. The second-order valence-corrected chi connectivity index (χ2v) is 4.62. The Labute approximate surface area is 131 Å². The third-order valence-electron chi connectivity index (χ3n) is 2.95. The normalized spacial score (nSPS) is 12.0. The molecule has 0 aromatic heterocycles. The summed E-state index contributed by atoms with van der Waals surface area (Å²) in [7, 11) is 6.22. The Morgan fingerprint density at radius 1 is 1.14 bits per heavy atom. The van der Waals surface area contributed by atoms with Crippen molar-refractivity contribution < 1.29 is 23.7 Å². The van der Waals surface area contributed by atoms with E-state index in [9.17, 15) is 4.79 Å². The first-order chi connectivity index (χ1) is 10.6. The number of carbonyl (C=O) groups excluding carboxylic acids is 1. The van der Waals surface area contributed by atoms with Crippen LogP contribution in [-0.4, -0.2) is 47.0 Å². The average Bonchev–Trinajstić information content (AvgIpc) is 2.51.